The summed E-state index contributed by atoms with van der Waals surface area (Å²) in [6, 6.07) is 0. The van der Waals surface area contributed by atoms with Gasteiger partial charge in [-0.05, 0) is 18.3 Å². The molecule has 0 bridgehead atoms. The van der Waals surface area contributed by atoms with Crippen molar-refractivity contribution >= 4 is 12.1 Å². The summed E-state index contributed by atoms with van der Waals surface area (Å²) < 4.78 is 0. The van der Waals surface area contributed by atoms with E-state index in [2.05, 4.69) is 19.2 Å². The summed E-state index contributed by atoms with van der Waals surface area (Å²) in [5.41, 5.74) is 0.722. The number of aldehydes is 1. The molecule has 1 unspecified atom stereocenters. The van der Waals surface area contributed by atoms with Crippen molar-refractivity contribution in [2.75, 3.05) is 13.1 Å². The first-order valence-corrected chi connectivity index (χ1v) is 6.74. The van der Waals surface area contributed by atoms with Crippen molar-refractivity contribution < 1.29 is 9.59 Å². The average Bonchev–Trinajstić information content (AvgIpc) is 2.31. The second-order valence-electron chi connectivity index (χ2n) is 5.18. The van der Waals surface area contributed by atoms with Gasteiger partial charge in [-0.1, -0.05) is 34.1 Å². The lowest BCUT2D eigenvalue weighted by Gasteiger charge is -2.33. The molecule has 1 atom stereocenters. The highest BCUT2D eigenvalue weighted by Gasteiger charge is 2.25. The predicted octanol–water partition coefficient (Wildman–Crippen LogP) is 2.59. The maximum atomic E-state index is 10.8. The van der Waals surface area contributed by atoms with E-state index in [0.717, 1.165) is 12.0 Å². The standard InChI is InChI=1S/C6H9NO2.C6H12.C2H6/c8-4-5-3-7-2-1-6(5)9;1-6(2)4-3-5-6;1-2/h4-5,7H,1-3H2;3-5H2,1-2H3;1-2H3. The summed E-state index contributed by atoms with van der Waals surface area (Å²) in [5, 5.41) is 2.96. The summed E-state index contributed by atoms with van der Waals surface area (Å²) in [6.07, 6.45) is 5.59. The number of piperidine rings is 1. The zero-order chi connectivity index (χ0) is 13.3. The lowest BCUT2D eigenvalue weighted by Crippen LogP contribution is -2.37. The second-order valence-corrected chi connectivity index (χ2v) is 5.18. The van der Waals surface area contributed by atoms with E-state index in [9.17, 15) is 9.59 Å². The van der Waals surface area contributed by atoms with Crippen LogP contribution in [0.1, 0.15) is 53.4 Å². The molecular weight excluding hydrogens is 214 g/mol. The Balaban J connectivity index is 0.000000278. The predicted molar refractivity (Wildman–Crippen MR) is 71.0 cm³/mol. The smallest absolute Gasteiger partial charge is 0.145 e. The molecule has 3 heteroatoms. The summed E-state index contributed by atoms with van der Waals surface area (Å²) >= 11 is 0. The van der Waals surface area contributed by atoms with Crippen molar-refractivity contribution in [3.63, 3.8) is 0 Å². The molecule has 17 heavy (non-hydrogen) atoms. The van der Waals surface area contributed by atoms with Crippen molar-refractivity contribution in [1.29, 1.82) is 0 Å². The van der Waals surface area contributed by atoms with Crippen LogP contribution in [-0.4, -0.2) is 25.2 Å². The molecule has 1 N–H and O–H groups in total. The minimum Gasteiger partial charge on any atom is -0.315 e. The molecular formula is C14H27NO2. The van der Waals surface area contributed by atoms with Gasteiger partial charge in [0.2, 0.25) is 0 Å². The molecule has 0 aromatic rings. The molecule has 0 spiro atoms. The maximum absolute atomic E-state index is 10.8. The fourth-order valence-corrected chi connectivity index (χ4v) is 1.78. The molecule has 0 aromatic carbocycles. The highest BCUT2D eigenvalue weighted by atomic mass is 16.1. The summed E-state index contributed by atoms with van der Waals surface area (Å²) in [4.78, 5) is 20.9. The number of carbonyl (C=O) groups excluding carboxylic acids is 2. The van der Waals surface area contributed by atoms with Gasteiger partial charge in [-0.25, -0.2) is 0 Å². The van der Waals surface area contributed by atoms with Crippen LogP contribution in [0.3, 0.4) is 0 Å². The monoisotopic (exact) mass is 241 g/mol. The van der Waals surface area contributed by atoms with Gasteiger partial charge in [-0.15, -0.1) is 0 Å². The zero-order valence-electron chi connectivity index (χ0n) is 11.7. The van der Waals surface area contributed by atoms with Crippen LogP contribution in [0.2, 0.25) is 0 Å². The number of hydrogen-bond acceptors (Lipinski definition) is 3. The van der Waals surface area contributed by atoms with E-state index in [-0.39, 0.29) is 11.7 Å². The van der Waals surface area contributed by atoms with Gasteiger partial charge in [-0.2, -0.15) is 0 Å². The SMILES string of the molecule is CC.CC1(C)CCC1.O=CC1CNCCC1=O. The van der Waals surface area contributed by atoms with Crippen LogP contribution in [0, 0.1) is 11.3 Å². The second kappa shape index (κ2) is 8.40. The van der Waals surface area contributed by atoms with E-state index in [1.54, 1.807) is 0 Å². The Hall–Kier alpha value is -0.700. The third kappa shape index (κ3) is 6.57. The molecule has 2 aliphatic rings. The molecule has 1 saturated heterocycles. The van der Waals surface area contributed by atoms with Gasteiger partial charge in [-0.3, -0.25) is 4.79 Å². The Bertz CT molecular complexity index is 230. The van der Waals surface area contributed by atoms with E-state index in [1.165, 1.54) is 19.3 Å². The van der Waals surface area contributed by atoms with Crippen LogP contribution in [0.5, 0.6) is 0 Å². The molecule has 100 valence electrons. The molecule has 1 saturated carbocycles. The van der Waals surface area contributed by atoms with Crippen molar-refractivity contribution in [2.45, 2.75) is 53.4 Å². The minimum absolute atomic E-state index is 0.0729. The van der Waals surface area contributed by atoms with E-state index in [0.29, 0.717) is 19.3 Å². The highest BCUT2D eigenvalue weighted by molar-refractivity contribution is 5.94. The van der Waals surface area contributed by atoms with Crippen molar-refractivity contribution in [2.24, 2.45) is 11.3 Å². The third-order valence-corrected chi connectivity index (χ3v) is 3.20. The number of ketones is 1. The Morgan fingerprint density at radius 3 is 2.06 bits per heavy atom. The van der Waals surface area contributed by atoms with E-state index in [4.69, 9.17) is 0 Å². The first-order chi connectivity index (χ1) is 8.05. The van der Waals surface area contributed by atoms with Gasteiger partial charge in [0.05, 0.1) is 5.92 Å². The fourth-order valence-electron chi connectivity index (χ4n) is 1.78. The van der Waals surface area contributed by atoms with Gasteiger partial charge in [0.25, 0.3) is 0 Å². The molecule has 1 aliphatic carbocycles. The fraction of sp³-hybridized carbons (Fsp3) is 0.857. The van der Waals surface area contributed by atoms with Crippen LogP contribution >= 0.6 is 0 Å². The Labute approximate surface area is 105 Å². The van der Waals surface area contributed by atoms with Gasteiger partial charge in [0, 0.05) is 19.5 Å². The van der Waals surface area contributed by atoms with E-state index < -0.39 is 0 Å². The van der Waals surface area contributed by atoms with Crippen molar-refractivity contribution in [1.82, 2.24) is 5.32 Å². The normalized spacial score (nSPS) is 25.4. The molecule has 0 radical (unpaired) electrons. The Morgan fingerprint density at radius 2 is 1.82 bits per heavy atom. The van der Waals surface area contributed by atoms with Crippen molar-refractivity contribution in [3.05, 3.63) is 0 Å². The Morgan fingerprint density at radius 1 is 1.29 bits per heavy atom. The number of Topliss-reactive ketones (excluding diaryl/α,β-unsaturated/α-hetero) is 1. The quantitative estimate of drug-likeness (QED) is 0.567. The molecule has 0 aromatic heterocycles. The van der Waals surface area contributed by atoms with Gasteiger partial charge in [0.15, 0.2) is 0 Å². The molecule has 2 fully saturated rings. The molecule has 3 nitrogen and oxygen atoms in total. The minimum atomic E-state index is -0.376. The summed E-state index contributed by atoms with van der Waals surface area (Å²) in [7, 11) is 0. The third-order valence-electron chi connectivity index (χ3n) is 3.20. The summed E-state index contributed by atoms with van der Waals surface area (Å²) in [6.45, 7) is 9.92. The van der Waals surface area contributed by atoms with Crippen LogP contribution in [0.4, 0.5) is 0 Å². The molecule has 1 aliphatic heterocycles. The van der Waals surface area contributed by atoms with Gasteiger partial charge in [0.1, 0.15) is 12.1 Å². The zero-order valence-corrected chi connectivity index (χ0v) is 11.7. The van der Waals surface area contributed by atoms with Crippen LogP contribution < -0.4 is 5.32 Å². The topological polar surface area (TPSA) is 46.2 Å². The Kier molecular flexibility index (Phi) is 8.05. The maximum Gasteiger partial charge on any atom is 0.145 e. The van der Waals surface area contributed by atoms with Crippen LogP contribution in [0.15, 0.2) is 0 Å². The van der Waals surface area contributed by atoms with E-state index in [1.807, 2.05) is 13.8 Å². The first kappa shape index (κ1) is 16.3. The number of nitrogens with one attached hydrogen (secondary N) is 1. The van der Waals surface area contributed by atoms with E-state index >= 15 is 0 Å². The number of hydrogen-bond donors (Lipinski definition) is 1. The lowest BCUT2D eigenvalue weighted by molar-refractivity contribution is -0.128. The average molecular weight is 241 g/mol. The first-order valence-electron chi connectivity index (χ1n) is 6.74. The lowest BCUT2D eigenvalue weighted by atomic mass is 9.72. The molecule has 0 amide bonds. The van der Waals surface area contributed by atoms with Crippen LogP contribution in [0.25, 0.3) is 0 Å². The highest BCUT2D eigenvalue weighted by Crippen LogP contribution is 2.38. The van der Waals surface area contributed by atoms with Crippen LogP contribution in [-0.2, 0) is 9.59 Å². The largest absolute Gasteiger partial charge is 0.315 e. The number of carbonyl (C=O) groups is 2. The molecule has 1 heterocycles. The van der Waals surface area contributed by atoms with Crippen molar-refractivity contribution in [3.8, 4) is 0 Å². The summed E-state index contributed by atoms with van der Waals surface area (Å²) in [5.74, 6) is -0.303. The van der Waals surface area contributed by atoms with Gasteiger partial charge < -0.3 is 10.1 Å². The molecule has 2 rings (SSSR count). The van der Waals surface area contributed by atoms with Gasteiger partial charge >= 0.3 is 0 Å². The number of rotatable bonds is 1.